The average Bonchev–Trinajstić information content (AvgIpc) is 3.17. The Balaban J connectivity index is 1.73. The Labute approximate surface area is 154 Å². The van der Waals surface area contributed by atoms with Gasteiger partial charge in [0.05, 0.1) is 4.53 Å². The molecule has 130 valence electrons. The molecule has 0 atom stereocenters. The summed E-state index contributed by atoms with van der Waals surface area (Å²) >= 11 is 1.37. The molecule has 4 rings (SSSR count). The van der Waals surface area contributed by atoms with E-state index in [1.165, 1.54) is 11.3 Å². The highest BCUT2D eigenvalue weighted by Crippen LogP contribution is 2.13. The highest BCUT2D eigenvalue weighted by molar-refractivity contribution is 7.15. The highest BCUT2D eigenvalue weighted by atomic mass is 32.1. The molecular weight excluding hydrogens is 344 g/mol. The first-order valence-corrected chi connectivity index (χ1v) is 9.13. The van der Waals surface area contributed by atoms with E-state index in [4.69, 9.17) is 0 Å². The molecule has 0 aliphatic carbocycles. The first-order valence-electron chi connectivity index (χ1n) is 8.31. The van der Waals surface area contributed by atoms with Crippen molar-refractivity contribution in [1.82, 2.24) is 14.6 Å². The van der Waals surface area contributed by atoms with Crippen LogP contribution in [0.15, 0.2) is 59.4 Å². The lowest BCUT2D eigenvalue weighted by molar-refractivity contribution is 0.918. The number of thiazole rings is 1. The molecule has 2 aromatic carbocycles. The Morgan fingerprint density at radius 1 is 1.04 bits per heavy atom. The monoisotopic (exact) mass is 362 g/mol. The molecule has 0 radical (unpaired) electrons. The Hall–Kier alpha value is -2.99. The highest BCUT2D eigenvalue weighted by Gasteiger charge is 2.12. The van der Waals surface area contributed by atoms with Crippen LogP contribution in [0.1, 0.15) is 17.0 Å². The molecule has 0 saturated heterocycles. The Bertz CT molecular complexity index is 1140. The van der Waals surface area contributed by atoms with Gasteiger partial charge in [-0.25, -0.2) is 4.40 Å². The van der Waals surface area contributed by atoms with Crippen molar-refractivity contribution < 1.29 is 0 Å². The topological polar surface area (TPSA) is 50.5 Å². The zero-order valence-corrected chi connectivity index (χ0v) is 15.4. The van der Waals surface area contributed by atoms with Gasteiger partial charge in [0.25, 0.3) is 5.56 Å². The molecule has 6 heteroatoms. The van der Waals surface area contributed by atoms with E-state index in [1.54, 1.807) is 4.40 Å². The van der Waals surface area contributed by atoms with Gasteiger partial charge in [0.2, 0.25) is 4.96 Å². The molecule has 0 bridgehead atoms. The second-order valence-electron chi connectivity index (χ2n) is 6.30. The third-order valence-electron chi connectivity index (χ3n) is 4.23. The average molecular weight is 362 g/mol. The SMILES string of the molecule is CN(C)c1ccc(/C=c2/sc3nnc(Cc4ccccc4)n3c2=O)cc1. The predicted octanol–water partition coefficient (Wildman–Crippen LogP) is 2.36. The van der Waals surface area contributed by atoms with Crippen molar-refractivity contribution >= 4 is 28.1 Å². The second-order valence-corrected chi connectivity index (χ2v) is 7.31. The summed E-state index contributed by atoms with van der Waals surface area (Å²) in [7, 11) is 4.01. The van der Waals surface area contributed by atoms with Gasteiger partial charge < -0.3 is 4.90 Å². The number of benzene rings is 2. The number of fused-ring (bicyclic) bond motifs is 1. The minimum Gasteiger partial charge on any atom is -0.378 e. The molecule has 0 unspecified atom stereocenters. The van der Waals surface area contributed by atoms with E-state index >= 15 is 0 Å². The van der Waals surface area contributed by atoms with Gasteiger partial charge in [-0.05, 0) is 29.3 Å². The van der Waals surface area contributed by atoms with Crippen LogP contribution in [0.2, 0.25) is 0 Å². The van der Waals surface area contributed by atoms with Crippen molar-refractivity contribution in [2.24, 2.45) is 0 Å². The largest absolute Gasteiger partial charge is 0.378 e. The van der Waals surface area contributed by atoms with Crippen LogP contribution in [0, 0.1) is 0 Å². The van der Waals surface area contributed by atoms with Gasteiger partial charge >= 0.3 is 0 Å². The summed E-state index contributed by atoms with van der Waals surface area (Å²) in [6, 6.07) is 18.1. The fraction of sp³-hybridized carbons (Fsp3) is 0.150. The number of aromatic nitrogens is 3. The molecule has 4 aromatic rings. The summed E-state index contributed by atoms with van der Waals surface area (Å²) in [6.45, 7) is 0. The third kappa shape index (κ3) is 3.11. The summed E-state index contributed by atoms with van der Waals surface area (Å²) in [5.74, 6) is 0.676. The van der Waals surface area contributed by atoms with Crippen LogP contribution >= 0.6 is 11.3 Å². The number of hydrogen-bond donors (Lipinski definition) is 0. The van der Waals surface area contributed by atoms with E-state index in [0.717, 1.165) is 16.8 Å². The van der Waals surface area contributed by atoms with Crippen molar-refractivity contribution in [2.45, 2.75) is 6.42 Å². The van der Waals surface area contributed by atoms with Crippen LogP contribution in [0.3, 0.4) is 0 Å². The first kappa shape index (κ1) is 16.5. The van der Waals surface area contributed by atoms with Crippen molar-refractivity contribution in [1.29, 1.82) is 0 Å². The van der Waals surface area contributed by atoms with Gasteiger partial charge in [0, 0.05) is 26.2 Å². The van der Waals surface area contributed by atoms with Crippen LogP contribution in [0.25, 0.3) is 11.0 Å². The van der Waals surface area contributed by atoms with E-state index in [-0.39, 0.29) is 5.56 Å². The fourth-order valence-corrected chi connectivity index (χ4v) is 3.76. The number of nitrogens with zero attached hydrogens (tertiary/aromatic N) is 4. The molecule has 0 N–H and O–H groups in total. The smallest absolute Gasteiger partial charge is 0.275 e. The van der Waals surface area contributed by atoms with Gasteiger partial charge in [0.1, 0.15) is 5.82 Å². The molecule has 2 aromatic heterocycles. The molecule has 0 aliphatic rings. The molecule has 5 nitrogen and oxygen atoms in total. The molecule has 0 amide bonds. The summed E-state index contributed by atoms with van der Waals surface area (Å²) in [4.78, 5) is 15.5. The van der Waals surface area contributed by atoms with Crippen molar-refractivity contribution in [3.05, 3.63) is 86.4 Å². The lowest BCUT2D eigenvalue weighted by atomic mass is 10.1. The molecule has 0 saturated carbocycles. The summed E-state index contributed by atoms with van der Waals surface area (Å²) in [5.41, 5.74) is 3.17. The van der Waals surface area contributed by atoms with Gasteiger partial charge in [-0.15, -0.1) is 10.2 Å². The predicted molar refractivity (Wildman–Crippen MR) is 106 cm³/mol. The Morgan fingerprint density at radius 3 is 2.46 bits per heavy atom. The van der Waals surface area contributed by atoms with Crippen LogP contribution in [0.5, 0.6) is 0 Å². The van der Waals surface area contributed by atoms with E-state index in [0.29, 0.717) is 21.7 Å². The minimum atomic E-state index is -0.0578. The molecular formula is C20H18N4OS. The summed E-state index contributed by atoms with van der Waals surface area (Å²) < 4.78 is 2.29. The Morgan fingerprint density at radius 2 is 1.77 bits per heavy atom. The normalized spacial score (nSPS) is 12.0. The van der Waals surface area contributed by atoms with Crippen LogP contribution in [0.4, 0.5) is 5.69 Å². The molecule has 0 fully saturated rings. The van der Waals surface area contributed by atoms with Crippen LogP contribution in [-0.4, -0.2) is 28.7 Å². The van der Waals surface area contributed by atoms with E-state index in [9.17, 15) is 4.79 Å². The maximum atomic E-state index is 12.8. The second kappa shape index (κ2) is 6.72. The summed E-state index contributed by atoms with van der Waals surface area (Å²) in [6.07, 6.45) is 2.50. The first-order chi connectivity index (χ1) is 12.6. The number of anilines is 1. The van der Waals surface area contributed by atoms with Gasteiger partial charge in [-0.3, -0.25) is 4.79 Å². The van der Waals surface area contributed by atoms with Gasteiger partial charge in [-0.1, -0.05) is 53.8 Å². The maximum Gasteiger partial charge on any atom is 0.275 e. The third-order valence-corrected chi connectivity index (χ3v) is 5.19. The quantitative estimate of drug-likeness (QED) is 0.559. The van der Waals surface area contributed by atoms with E-state index < -0.39 is 0 Å². The van der Waals surface area contributed by atoms with Gasteiger partial charge in [0.15, 0.2) is 0 Å². The zero-order chi connectivity index (χ0) is 18.1. The van der Waals surface area contributed by atoms with Crippen molar-refractivity contribution in [3.63, 3.8) is 0 Å². The number of rotatable bonds is 4. The molecule has 26 heavy (non-hydrogen) atoms. The van der Waals surface area contributed by atoms with Crippen LogP contribution < -0.4 is 15.0 Å². The molecule has 0 aliphatic heterocycles. The van der Waals surface area contributed by atoms with Crippen molar-refractivity contribution in [2.75, 3.05) is 19.0 Å². The van der Waals surface area contributed by atoms with Crippen molar-refractivity contribution in [3.8, 4) is 0 Å². The van der Waals surface area contributed by atoms with E-state index in [2.05, 4.69) is 10.2 Å². The standard InChI is InChI=1S/C20H18N4OS/c1-23(2)16-10-8-15(9-11-16)12-17-19(25)24-18(21-22-20(24)26-17)13-14-6-4-3-5-7-14/h3-12H,13H2,1-2H3/b17-12+. The Kier molecular flexibility index (Phi) is 4.26. The lowest BCUT2D eigenvalue weighted by Crippen LogP contribution is -2.24. The number of hydrogen-bond acceptors (Lipinski definition) is 5. The lowest BCUT2D eigenvalue weighted by Gasteiger charge is -2.11. The minimum absolute atomic E-state index is 0.0578. The van der Waals surface area contributed by atoms with E-state index in [1.807, 2.05) is 79.7 Å². The molecule has 2 heterocycles. The maximum absolute atomic E-state index is 12.8. The van der Waals surface area contributed by atoms with Gasteiger partial charge in [-0.2, -0.15) is 0 Å². The van der Waals surface area contributed by atoms with Crippen LogP contribution in [-0.2, 0) is 6.42 Å². The molecule has 0 spiro atoms. The fourth-order valence-electron chi connectivity index (χ4n) is 2.83. The zero-order valence-electron chi connectivity index (χ0n) is 14.6. The summed E-state index contributed by atoms with van der Waals surface area (Å²) in [5, 5.41) is 8.37.